The zero-order chi connectivity index (χ0) is 10.1. The van der Waals surface area contributed by atoms with Crippen LogP contribution in [0.3, 0.4) is 0 Å². The Morgan fingerprint density at radius 3 is 2.31 bits per heavy atom. The molecule has 0 fully saturated rings. The molecule has 2 atom stereocenters. The maximum Gasteiger partial charge on any atom is 0.0699 e. The molecule has 0 radical (unpaired) electrons. The zero-order valence-electron chi connectivity index (χ0n) is 9.60. The number of rotatable bonds is 8. The van der Waals surface area contributed by atoms with Gasteiger partial charge in [0.2, 0.25) is 0 Å². The van der Waals surface area contributed by atoms with Gasteiger partial charge in [0.15, 0.2) is 0 Å². The summed E-state index contributed by atoms with van der Waals surface area (Å²) in [6.07, 6.45) is 3.97. The minimum Gasteiger partial charge on any atom is -0.377 e. The number of ether oxygens (including phenoxy) is 1. The van der Waals surface area contributed by atoms with Gasteiger partial charge in [-0.05, 0) is 33.2 Å². The Morgan fingerprint density at radius 2 is 1.85 bits per heavy atom. The largest absolute Gasteiger partial charge is 0.377 e. The Labute approximate surface area is 83.1 Å². The van der Waals surface area contributed by atoms with Crippen LogP contribution in [0.15, 0.2) is 0 Å². The van der Waals surface area contributed by atoms with Crippen molar-refractivity contribution in [1.29, 1.82) is 0 Å². The summed E-state index contributed by atoms with van der Waals surface area (Å²) in [6.45, 7) is 10.5. The van der Waals surface area contributed by atoms with Gasteiger partial charge in [0, 0.05) is 12.6 Å². The highest BCUT2D eigenvalue weighted by atomic mass is 16.5. The van der Waals surface area contributed by atoms with Gasteiger partial charge >= 0.3 is 0 Å². The molecule has 0 aliphatic rings. The van der Waals surface area contributed by atoms with Crippen LogP contribution in [0.2, 0.25) is 0 Å². The monoisotopic (exact) mass is 187 g/mol. The van der Waals surface area contributed by atoms with Gasteiger partial charge in [0.05, 0.1) is 6.10 Å². The maximum absolute atomic E-state index is 5.59. The molecule has 0 bridgehead atoms. The summed E-state index contributed by atoms with van der Waals surface area (Å²) in [6, 6.07) is 0.532. The van der Waals surface area contributed by atoms with E-state index in [0.29, 0.717) is 12.1 Å². The van der Waals surface area contributed by atoms with Crippen LogP contribution in [0.25, 0.3) is 0 Å². The van der Waals surface area contributed by atoms with Gasteiger partial charge in [-0.2, -0.15) is 0 Å². The molecule has 0 aromatic carbocycles. The Morgan fingerprint density at radius 1 is 1.15 bits per heavy atom. The molecule has 0 aromatic heterocycles. The molecule has 0 saturated carbocycles. The summed E-state index contributed by atoms with van der Waals surface area (Å²) in [5, 5.41) is 3.53. The van der Waals surface area contributed by atoms with Crippen molar-refractivity contribution in [1.82, 2.24) is 5.32 Å². The molecule has 2 heteroatoms. The lowest BCUT2D eigenvalue weighted by Crippen LogP contribution is -2.40. The van der Waals surface area contributed by atoms with Gasteiger partial charge in [-0.1, -0.05) is 20.3 Å². The predicted octanol–water partition coefficient (Wildman–Crippen LogP) is 2.58. The highest BCUT2D eigenvalue weighted by Crippen LogP contribution is 2.05. The molecule has 0 saturated heterocycles. The fourth-order valence-corrected chi connectivity index (χ4v) is 1.52. The van der Waals surface area contributed by atoms with E-state index in [4.69, 9.17) is 4.74 Å². The van der Waals surface area contributed by atoms with E-state index in [2.05, 4.69) is 33.0 Å². The normalized spacial score (nSPS) is 15.7. The van der Waals surface area contributed by atoms with Gasteiger partial charge < -0.3 is 10.1 Å². The smallest absolute Gasteiger partial charge is 0.0699 e. The standard InChI is InChI=1S/C11H25NO/c1-5-8-11(12-9-6-2)10(4)13-7-3/h10-12H,5-9H2,1-4H3. The molecular formula is C11H25NO. The third kappa shape index (κ3) is 6.05. The lowest BCUT2D eigenvalue weighted by molar-refractivity contribution is 0.0451. The first kappa shape index (κ1) is 12.9. The lowest BCUT2D eigenvalue weighted by Gasteiger charge is -2.24. The fourth-order valence-electron chi connectivity index (χ4n) is 1.52. The van der Waals surface area contributed by atoms with Crippen LogP contribution < -0.4 is 5.32 Å². The van der Waals surface area contributed by atoms with E-state index in [-0.39, 0.29) is 0 Å². The molecule has 80 valence electrons. The minimum absolute atomic E-state index is 0.344. The SMILES string of the molecule is CCCNC(CCC)C(C)OCC. The molecule has 0 amide bonds. The minimum atomic E-state index is 0.344. The summed E-state index contributed by atoms with van der Waals surface area (Å²) >= 11 is 0. The van der Waals surface area contributed by atoms with Crippen molar-refractivity contribution in [3.8, 4) is 0 Å². The first-order valence-electron chi connectivity index (χ1n) is 5.61. The summed E-state index contributed by atoms with van der Waals surface area (Å²) in [5.41, 5.74) is 0. The van der Waals surface area contributed by atoms with Crippen LogP contribution in [0, 0.1) is 0 Å². The number of hydrogen-bond donors (Lipinski definition) is 1. The van der Waals surface area contributed by atoms with E-state index in [0.717, 1.165) is 13.2 Å². The van der Waals surface area contributed by atoms with Gasteiger partial charge in [0.1, 0.15) is 0 Å². The van der Waals surface area contributed by atoms with Crippen molar-refractivity contribution in [2.75, 3.05) is 13.2 Å². The average Bonchev–Trinajstić information content (AvgIpc) is 2.12. The zero-order valence-corrected chi connectivity index (χ0v) is 9.60. The molecule has 0 heterocycles. The first-order chi connectivity index (χ1) is 6.26. The number of hydrogen-bond acceptors (Lipinski definition) is 2. The topological polar surface area (TPSA) is 21.3 Å². The molecular weight excluding hydrogens is 162 g/mol. The van der Waals surface area contributed by atoms with Crippen LogP contribution >= 0.6 is 0 Å². The molecule has 2 unspecified atom stereocenters. The molecule has 2 nitrogen and oxygen atoms in total. The van der Waals surface area contributed by atoms with Crippen LogP contribution in [0.4, 0.5) is 0 Å². The van der Waals surface area contributed by atoms with Crippen molar-refractivity contribution < 1.29 is 4.74 Å². The summed E-state index contributed by atoms with van der Waals surface area (Å²) in [7, 11) is 0. The Balaban J connectivity index is 3.75. The quantitative estimate of drug-likeness (QED) is 0.630. The van der Waals surface area contributed by atoms with Crippen molar-refractivity contribution in [2.24, 2.45) is 0 Å². The van der Waals surface area contributed by atoms with Gasteiger partial charge in [-0.3, -0.25) is 0 Å². The number of nitrogens with one attached hydrogen (secondary N) is 1. The van der Waals surface area contributed by atoms with Crippen LogP contribution in [0.5, 0.6) is 0 Å². The molecule has 13 heavy (non-hydrogen) atoms. The second-order valence-corrected chi connectivity index (χ2v) is 3.51. The second-order valence-electron chi connectivity index (χ2n) is 3.51. The van der Waals surface area contributed by atoms with Crippen molar-refractivity contribution in [3.05, 3.63) is 0 Å². The van der Waals surface area contributed by atoms with Gasteiger partial charge in [-0.25, -0.2) is 0 Å². The van der Waals surface area contributed by atoms with Crippen LogP contribution in [-0.2, 0) is 4.74 Å². The van der Waals surface area contributed by atoms with E-state index in [1.165, 1.54) is 19.3 Å². The van der Waals surface area contributed by atoms with Gasteiger partial charge in [-0.15, -0.1) is 0 Å². The van der Waals surface area contributed by atoms with Crippen molar-refractivity contribution >= 4 is 0 Å². The van der Waals surface area contributed by atoms with Crippen molar-refractivity contribution in [2.45, 2.75) is 59.1 Å². The lowest BCUT2D eigenvalue weighted by atomic mass is 10.1. The second kappa shape index (κ2) is 8.52. The molecule has 0 spiro atoms. The Bertz CT molecular complexity index is 106. The molecule has 0 aliphatic carbocycles. The van der Waals surface area contributed by atoms with E-state index in [1.807, 2.05) is 0 Å². The summed E-state index contributed by atoms with van der Waals surface area (Å²) in [5.74, 6) is 0. The van der Waals surface area contributed by atoms with E-state index in [9.17, 15) is 0 Å². The molecule has 0 rings (SSSR count). The molecule has 1 N–H and O–H groups in total. The molecule has 0 aliphatic heterocycles. The third-order valence-electron chi connectivity index (χ3n) is 2.25. The third-order valence-corrected chi connectivity index (χ3v) is 2.25. The van der Waals surface area contributed by atoms with Crippen LogP contribution in [-0.4, -0.2) is 25.3 Å². The predicted molar refractivity (Wildman–Crippen MR) is 58.1 cm³/mol. The first-order valence-corrected chi connectivity index (χ1v) is 5.61. The Kier molecular flexibility index (Phi) is 8.46. The summed E-state index contributed by atoms with van der Waals surface area (Å²) < 4.78 is 5.59. The molecule has 0 aromatic rings. The van der Waals surface area contributed by atoms with Gasteiger partial charge in [0.25, 0.3) is 0 Å². The average molecular weight is 187 g/mol. The van der Waals surface area contributed by atoms with E-state index < -0.39 is 0 Å². The van der Waals surface area contributed by atoms with E-state index in [1.54, 1.807) is 0 Å². The highest BCUT2D eigenvalue weighted by Gasteiger charge is 2.14. The maximum atomic E-state index is 5.59. The Hall–Kier alpha value is -0.0800. The van der Waals surface area contributed by atoms with E-state index >= 15 is 0 Å². The highest BCUT2D eigenvalue weighted by molar-refractivity contribution is 4.72. The van der Waals surface area contributed by atoms with Crippen LogP contribution in [0.1, 0.15) is 47.0 Å². The fraction of sp³-hybridized carbons (Fsp3) is 1.00. The summed E-state index contributed by atoms with van der Waals surface area (Å²) in [4.78, 5) is 0. The van der Waals surface area contributed by atoms with Crippen molar-refractivity contribution in [3.63, 3.8) is 0 Å².